The molecule has 4 rings (SSSR count). The van der Waals surface area contributed by atoms with Crippen LogP contribution < -0.4 is 0 Å². The smallest absolute Gasteiger partial charge is 0.274 e. The molecule has 0 atom stereocenters. The predicted octanol–water partition coefficient (Wildman–Crippen LogP) is 2.28. The summed E-state index contributed by atoms with van der Waals surface area (Å²) >= 11 is 0. The molecule has 0 unspecified atom stereocenters. The number of rotatable bonds is 4. The van der Waals surface area contributed by atoms with Crippen molar-refractivity contribution in [2.45, 2.75) is 13.8 Å². The molecule has 1 aliphatic rings. The zero-order valence-corrected chi connectivity index (χ0v) is 17.6. The summed E-state index contributed by atoms with van der Waals surface area (Å²) in [6, 6.07) is 9.91. The van der Waals surface area contributed by atoms with Crippen LogP contribution in [-0.2, 0) is 4.79 Å². The maximum absolute atomic E-state index is 12.7. The largest absolute Gasteiger partial charge is 0.336 e. The molecule has 1 fully saturated rings. The van der Waals surface area contributed by atoms with Crippen molar-refractivity contribution in [3.8, 4) is 5.69 Å². The highest BCUT2D eigenvalue weighted by Gasteiger charge is 2.24. The molecule has 0 saturated carbocycles. The van der Waals surface area contributed by atoms with E-state index >= 15 is 0 Å². The molecule has 0 bridgehead atoms. The second-order valence-corrected chi connectivity index (χ2v) is 7.37. The Bertz CT molecular complexity index is 1100. The number of hydrogen-bond acceptors (Lipinski definition) is 5. The third kappa shape index (κ3) is 4.37. The van der Waals surface area contributed by atoms with Gasteiger partial charge in [-0.3, -0.25) is 14.6 Å². The number of amides is 2. The van der Waals surface area contributed by atoms with Gasteiger partial charge in [0.1, 0.15) is 5.69 Å². The maximum atomic E-state index is 12.7. The van der Waals surface area contributed by atoms with E-state index in [1.54, 1.807) is 15.9 Å². The first-order valence-electron chi connectivity index (χ1n) is 10.2. The van der Waals surface area contributed by atoms with Crippen molar-refractivity contribution in [1.82, 2.24) is 29.5 Å². The maximum Gasteiger partial charge on any atom is 0.274 e. The van der Waals surface area contributed by atoms with Gasteiger partial charge in [-0.25, -0.2) is 9.67 Å². The topological polar surface area (TPSA) is 84.2 Å². The molecular formula is C23H24N6O2. The van der Waals surface area contributed by atoms with Crippen LogP contribution in [0.15, 0.2) is 55.0 Å². The summed E-state index contributed by atoms with van der Waals surface area (Å²) in [4.78, 5) is 36.6. The fourth-order valence-electron chi connectivity index (χ4n) is 3.68. The van der Waals surface area contributed by atoms with Gasteiger partial charge in [-0.05, 0) is 32.1 Å². The first-order valence-corrected chi connectivity index (χ1v) is 10.2. The third-order valence-electron chi connectivity index (χ3n) is 5.40. The third-order valence-corrected chi connectivity index (χ3v) is 5.40. The summed E-state index contributed by atoms with van der Waals surface area (Å²) in [7, 11) is 0. The summed E-state index contributed by atoms with van der Waals surface area (Å²) in [5.74, 6) is -0.229. The molecule has 0 spiro atoms. The second kappa shape index (κ2) is 8.91. The Morgan fingerprint density at radius 2 is 1.68 bits per heavy atom. The van der Waals surface area contributed by atoms with Crippen LogP contribution in [0, 0.1) is 13.8 Å². The van der Waals surface area contributed by atoms with E-state index in [-0.39, 0.29) is 11.8 Å². The van der Waals surface area contributed by atoms with Gasteiger partial charge in [-0.1, -0.05) is 18.2 Å². The number of piperazine rings is 1. The van der Waals surface area contributed by atoms with E-state index < -0.39 is 0 Å². The molecule has 0 radical (unpaired) electrons. The van der Waals surface area contributed by atoms with Crippen LogP contribution in [0.3, 0.4) is 0 Å². The zero-order valence-electron chi connectivity index (χ0n) is 17.6. The van der Waals surface area contributed by atoms with Crippen molar-refractivity contribution < 1.29 is 9.59 Å². The number of aromatic nitrogens is 4. The van der Waals surface area contributed by atoms with Crippen LogP contribution in [0.25, 0.3) is 11.8 Å². The quantitative estimate of drug-likeness (QED) is 0.609. The Balaban J connectivity index is 1.40. The standard InChI is InChI=1S/C23H24N6O2/c1-17-20(18(2)29(26-17)19-6-4-3-5-7-19)8-9-22(30)27-12-14-28(15-13-27)23(31)21-16-24-10-11-25-21/h3-11,16H,12-15H2,1-2H3/b9-8+. The van der Waals surface area contributed by atoms with E-state index in [9.17, 15) is 9.59 Å². The highest BCUT2D eigenvalue weighted by molar-refractivity contribution is 5.93. The Hall–Kier alpha value is -3.81. The van der Waals surface area contributed by atoms with E-state index in [0.29, 0.717) is 31.9 Å². The molecule has 2 amide bonds. The molecule has 0 aliphatic carbocycles. The van der Waals surface area contributed by atoms with Gasteiger partial charge in [-0.15, -0.1) is 0 Å². The zero-order chi connectivity index (χ0) is 21.8. The average Bonchev–Trinajstić information content (AvgIpc) is 3.11. The van der Waals surface area contributed by atoms with Gasteiger partial charge in [-0.2, -0.15) is 5.10 Å². The molecule has 0 N–H and O–H groups in total. The van der Waals surface area contributed by atoms with Gasteiger partial charge in [0.25, 0.3) is 5.91 Å². The van der Waals surface area contributed by atoms with Gasteiger partial charge >= 0.3 is 0 Å². The minimum absolute atomic E-state index is 0.0714. The fraction of sp³-hybridized carbons (Fsp3) is 0.261. The first kappa shape index (κ1) is 20.5. The van der Waals surface area contributed by atoms with Gasteiger partial charge < -0.3 is 9.80 Å². The van der Waals surface area contributed by atoms with Gasteiger partial charge in [0.2, 0.25) is 5.91 Å². The van der Waals surface area contributed by atoms with Crippen molar-refractivity contribution in [2.24, 2.45) is 0 Å². The van der Waals surface area contributed by atoms with E-state index in [0.717, 1.165) is 22.6 Å². The average molecular weight is 416 g/mol. The van der Waals surface area contributed by atoms with Crippen molar-refractivity contribution in [3.63, 3.8) is 0 Å². The Kier molecular flexibility index (Phi) is 5.88. The highest BCUT2D eigenvalue weighted by atomic mass is 16.2. The lowest BCUT2D eigenvalue weighted by atomic mass is 10.1. The van der Waals surface area contributed by atoms with Crippen LogP contribution in [0.5, 0.6) is 0 Å². The number of hydrogen-bond donors (Lipinski definition) is 0. The number of benzene rings is 1. The summed E-state index contributed by atoms with van der Waals surface area (Å²) < 4.78 is 1.89. The molecule has 3 heterocycles. The van der Waals surface area contributed by atoms with Crippen molar-refractivity contribution >= 4 is 17.9 Å². The molecule has 1 aromatic carbocycles. The molecule has 1 saturated heterocycles. The van der Waals surface area contributed by atoms with Gasteiger partial charge in [0.05, 0.1) is 17.6 Å². The van der Waals surface area contributed by atoms with E-state index in [1.807, 2.05) is 54.9 Å². The van der Waals surface area contributed by atoms with Crippen LogP contribution >= 0.6 is 0 Å². The van der Waals surface area contributed by atoms with Crippen LogP contribution in [0.1, 0.15) is 27.4 Å². The molecule has 1 aliphatic heterocycles. The van der Waals surface area contributed by atoms with Crippen LogP contribution in [0.2, 0.25) is 0 Å². The SMILES string of the molecule is Cc1nn(-c2ccccc2)c(C)c1/C=C/C(=O)N1CCN(C(=O)c2cnccn2)CC1. The van der Waals surface area contributed by atoms with Crippen molar-refractivity contribution in [2.75, 3.05) is 26.2 Å². The minimum Gasteiger partial charge on any atom is -0.336 e. The van der Waals surface area contributed by atoms with Crippen molar-refractivity contribution in [3.05, 3.63) is 77.6 Å². The van der Waals surface area contributed by atoms with E-state index in [1.165, 1.54) is 18.6 Å². The summed E-state index contributed by atoms with van der Waals surface area (Å²) in [5.41, 5.74) is 4.09. The Morgan fingerprint density at radius 3 is 2.35 bits per heavy atom. The monoisotopic (exact) mass is 416 g/mol. The molecule has 3 aromatic rings. The summed E-state index contributed by atoms with van der Waals surface area (Å²) in [6.07, 6.45) is 7.92. The summed E-state index contributed by atoms with van der Waals surface area (Å²) in [6.45, 7) is 5.84. The van der Waals surface area contributed by atoms with Gasteiger partial charge in [0, 0.05) is 55.9 Å². The lowest BCUT2D eigenvalue weighted by molar-refractivity contribution is -0.127. The Morgan fingerprint density at radius 1 is 0.968 bits per heavy atom. The predicted molar refractivity (Wildman–Crippen MR) is 117 cm³/mol. The van der Waals surface area contributed by atoms with Crippen LogP contribution in [-0.4, -0.2) is 67.5 Å². The number of nitrogens with zero attached hydrogens (tertiary/aromatic N) is 6. The first-order chi connectivity index (χ1) is 15.0. The Labute approximate surface area is 180 Å². The highest BCUT2D eigenvalue weighted by Crippen LogP contribution is 2.19. The molecule has 31 heavy (non-hydrogen) atoms. The molecular weight excluding hydrogens is 392 g/mol. The van der Waals surface area contributed by atoms with E-state index in [2.05, 4.69) is 15.1 Å². The molecule has 8 heteroatoms. The molecule has 158 valence electrons. The van der Waals surface area contributed by atoms with Crippen LogP contribution in [0.4, 0.5) is 0 Å². The normalized spacial score (nSPS) is 14.3. The lowest BCUT2D eigenvalue weighted by Crippen LogP contribution is -2.50. The van der Waals surface area contributed by atoms with E-state index in [4.69, 9.17) is 0 Å². The number of carbonyl (C=O) groups is 2. The van der Waals surface area contributed by atoms with Crippen molar-refractivity contribution in [1.29, 1.82) is 0 Å². The number of para-hydroxylation sites is 1. The number of carbonyl (C=O) groups excluding carboxylic acids is 2. The molecule has 8 nitrogen and oxygen atoms in total. The minimum atomic E-state index is -0.157. The summed E-state index contributed by atoms with van der Waals surface area (Å²) in [5, 5.41) is 4.61. The van der Waals surface area contributed by atoms with Gasteiger partial charge in [0.15, 0.2) is 0 Å². The number of aryl methyl sites for hydroxylation is 1. The second-order valence-electron chi connectivity index (χ2n) is 7.37. The fourth-order valence-corrected chi connectivity index (χ4v) is 3.68. The molecule has 2 aromatic heterocycles. The lowest BCUT2D eigenvalue weighted by Gasteiger charge is -2.34.